The Morgan fingerprint density at radius 2 is 2.14 bits per heavy atom. The molecule has 5 heteroatoms. The van der Waals surface area contributed by atoms with Crippen LogP contribution in [0.4, 0.5) is 0 Å². The van der Waals surface area contributed by atoms with Gasteiger partial charge in [-0.3, -0.25) is 4.79 Å². The largest absolute Gasteiger partial charge is 0.481 e. The maximum Gasteiger partial charge on any atom is 0.314 e. The maximum atomic E-state index is 10.9. The van der Waals surface area contributed by atoms with Crippen LogP contribution in [0.15, 0.2) is 16.9 Å². The Morgan fingerprint density at radius 1 is 1.57 bits per heavy atom. The summed E-state index contributed by atoms with van der Waals surface area (Å²) in [5, 5.41) is 8.94. The zero-order chi connectivity index (χ0) is 10.6. The van der Waals surface area contributed by atoms with Crippen molar-refractivity contribution in [2.75, 3.05) is 0 Å². The van der Waals surface area contributed by atoms with E-state index >= 15 is 0 Å². The molecule has 0 aliphatic carbocycles. The van der Waals surface area contributed by atoms with Crippen LogP contribution in [0.1, 0.15) is 31.5 Å². The van der Waals surface area contributed by atoms with Gasteiger partial charge in [-0.2, -0.15) is 0 Å². The summed E-state index contributed by atoms with van der Waals surface area (Å²) < 4.78 is 0.752. The van der Waals surface area contributed by atoms with E-state index in [1.54, 1.807) is 12.4 Å². The molecule has 14 heavy (non-hydrogen) atoms. The maximum absolute atomic E-state index is 10.9. The molecule has 1 aromatic rings. The first kappa shape index (κ1) is 11.1. The summed E-state index contributed by atoms with van der Waals surface area (Å²) in [6.45, 7) is 1.94. The van der Waals surface area contributed by atoms with Crippen LogP contribution in [0, 0.1) is 0 Å². The molecule has 0 aliphatic rings. The highest BCUT2D eigenvalue weighted by atomic mass is 79.9. The van der Waals surface area contributed by atoms with Gasteiger partial charge in [-0.1, -0.05) is 13.3 Å². The van der Waals surface area contributed by atoms with Crippen molar-refractivity contribution in [1.29, 1.82) is 0 Å². The number of hydrogen-bond acceptors (Lipinski definition) is 3. The molecule has 0 saturated heterocycles. The van der Waals surface area contributed by atoms with Gasteiger partial charge in [-0.25, -0.2) is 9.97 Å². The molecule has 1 N–H and O–H groups in total. The van der Waals surface area contributed by atoms with Crippen LogP contribution >= 0.6 is 15.9 Å². The molecule has 0 aliphatic heterocycles. The van der Waals surface area contributed by atoms with E-state index in [0.717, 1.165) is 10.9 Å². The summed E-state index contributed by atoms with van der Waals surface area (Å²) in [7, 11) is 0. The lowest BCUT2D eigenvalue weighted by Gasteiger charge is -2.08. The average Bonchev–Trinajstić information content (AvgIpc) is 2.15. The van der Waals surface area contributed by atoms with Crippen LogP contribution in [0.25, 0.3) is 0 Å². The van der Waals surface area contributed by atoms with Gasteiger partial charge in [0.25, 0.3) is 0 Å². The number of halogens is 1. The van der Waals surface area contributed by atoms with E-state index in [-0.39, 0.29) is 0 Å². The highest BCUT2D eigenvalue weighted by Gasteiger charge is 2.21. The highest BCUT2D eigenvalue weighted by molar-refractivity contribution is 9.10. The smallest absolute Gasteiger partial charge is 0.314 e. The summed E-state index contributed by atoms with van der Waals surface area (Å²) in [6, 6.07) is 0. The second kappa shape index (κ2) is 5.05. The molecule has 1 aromatic heterocycles. The second-order valence-electron chi connectivity index (χ2n) is 2.94. The number of aliphatic carboxylic acids is 1. The van der Waals surface area contributed by atoms with Gasteiger partial charge >= 0.3 is 5.97 Å². The van der Waals surface area contributed by atoms with E-state index in [2.05, 4.69) is 25.9 Å². The normalized spacial score (nSPS) is 12.4. The molecular weight excluding hydrogens is 248 g/mol. The lowest BCUT2D eigenvalue weighted by Crippen LogP contribution is -2.14. The Bertz CT molecular complexity index is 313. The first-order valence-corrected chi connectivity index (χ1v) is 5.14. The lowest BCUT2D eigenvalue weighted by atomic mass is 10.0. The van der Waals surface area contributed by atoms with Crippen molar-refractivity contribution < 1.29 is 9.90 Å². The van der Waals surface area contributed by atoms with Gasteiger partial charge in [0.1, 0.15) is 11.7 Å². The Labute approximate surface area is 90.5 Å². The summed E-state index contributed by atoms with van der Waals surface area (Å²) in [4.78, 5) is 18.8. The zero-order valence-corrected chi connectivity index (χ0v) is 9.36. The summed E-state index contributed by atoms with van der Waals surface area (Å²) in [5.41, 5.74) is 0. The van der Waals surface area contributed by atoms with Crippen LogP contribution in [0.3, 0.4) is 0 Å². The van der Waals surface area contributed by atoms with E-state index in [9.17, 15) is 4.79 Å². The minimum atomic E-state index is -0.867. The first-order valence-electron chi connectivity index (χ1n) is 4.35. The first-order chi connectivity index (χ1) is 6.65. The van der Waals surface area contributed by atoms with Gasteiger partial charge in [0.15, 0.2) is 0 Å². The number of hydrogen-bond donors (Lipinski definition) is 1. The lowest BCUT2D eigenvalue weighted by molar-refractivity contribution is -0.139. The molecule has 0 aromatic carbocycles. The predicted octanol–water partition coefficient (Wildman–Crippen LogP) is 2.21. The third-order valence-corrected chi connectivity index (χ3v) is 2.24. The predicted molar refractivity (Wildman–Crippen MR) is 55.0 cm³/mol. The topological polar surface area (TPSA) is 63.1 Å². The fraction of sp³-hybridized carbons (Fsp3) is 0.444. The summed E-state index contributed by atoms with van der Waals surface area (Å²) in [6.07, 6.45) is 4.50. The fourth-order valence-electron chi connectivity index (χ4n) is 1.15. The van der Waals surface area contributed by atoms with Gasteiger partial charge in [0, 0.05) is 12.4 Å². The van der Waals surface area contributed by atoms with Crippen molar-refractivity contribution in [2.24, 2.45) is 0 Å². The molecule has 0 amide bonds. The van der Waals surface area contributed by atoms with Crippen LogP contribution < -0.4 is 0 Å². The molecule has 0 bridgehead atoms. The van der Waals surface area contributed by atoms with Crippen molar-refractivity contribution in [3.8, 4) is 0 Å². The van der Waals surface area contributed by atoms with Crippen molar-refractivity contribution in [1.82, 2.24) is 9.97 Å². The second-order valence-corrected chi connectivity index (χ2v) is 3.85. The standard InChI is InChI=1S/C9H11BrN2O2/c1-2-3-7(9(13)14)8-11-4-6(10)5-12-8/h4-5,7H,2-3H2,1H3,(H,13,14). The number of carboxylic acid groups (broad SMARTS) is 1. The molecule has 0 radical (unpaired) electrons. The Hall–Kier alpha value is -0.970. The molecule has 0 spiro atoms. The Morgan fingerprint density at radius 3 is 2.57 bits per heavy atom. The minimum Gasteiger partial charge on any atom is -0.481 e. The zero-order valence-electron chi connectivity index (χ0n) is 7.77. The highest BCUT2D eigenvalue weighted by Crippen LogP contribution is 2.18. The fourth-order valence-corrected chi connectivity index (χ4v) is 1.36. The van der Waals surface area contributed by atoms with Gasteiger partial charge in [0.05, 0.1) is 4.47 Å². The van der Waals surface area contributed by atoms with Crippen molar-refractivity contribution in [3.63, 3.8) is 0 Å². The monoisotopic (exact) mass is 258 g/mol. The van der Waals surface area contributed by atoms with Crippen LogP contribution in [0.5, 0.6) is 0 Å². The molecule has 1 unspecified atom stereocenters. The van der Waals surface area contributed by atoms with Crippen LogP contribution in [-0.4, -0.2) is 21.0 Å². The SMILES string of the molecule is CCCC(C(=O)O)c1ncc(Br)cn1. The van der Waals surface area contributed by atoms with E-state index in [4.69, 9.17) is 5.11 Å². The number of carbonyl (C=O) groups is 1. The van der Waals surface area contributed by atoms with Crippen molar-refractivity contribution >= 4 is 21.9 Å². The van der Waals surface area contributed by atoms with Crippen molar-refractivity contribution in [2.45, 2.75) is 25.7 Å². The number of carboxylic acids is 1. The third kappa shape index (κ3) is 2.77. The van der Waals surface area contributed by atoms with E-state index < -0.39 is 11.9 Å². The van der Waals surface area contributed by atoms with Gasteiger partial charge in [0.2, 0.25) is 0 Å². The van der Waals surface area contributed by atoms with Crippen LogP contribution in [-0.2, 0) is 4.79 Å². The van der Waals surface area contributed by atoms with Crippen molar-refractivity contribution in [3.05, 3.63) is 22.7 Å². The molecule has 0 fully saturated rings. The van der Waals surface area contributed by atoms with E-state index in [1.165, 1.54) is 0 Å². The van der Waals surface area contributed by atoms with Crippen LogP contribution in [0.2, 0.25) is 0 Å². The van der Waals surface area contributed by atoms with Gasteiger partial charge in [-0.15, -0.1) is 0 Å². The quantitative estimate of drug-likeness (QED) is 0.900. The minimum absolute atomic E-state index is 0.377. The molecule has 76 valence electrons. The average molecular weight is 259 g/mol. The molecule has 1 atom stereocenters. The Balaban J connectivity index is 2.87. The summed E-state index contributed by atoms with van der Waals surface area (Å²) in [5.74, 6) is -1.08. The number of nitrogens with zero attached hydrogens (tertiary/aromatic N) is 2. The molecule has 4 nitrogen and oxygen atoms in total. The number of rotatable bonds is 4. The molecule has 1 heterocycles. The third-order valence-electron chi connectivity index (χ3n) is 1.83. The Kier molecular flexibility index (Phi) is 4.00. The molecule has 1 rings (SSSR count). The summed E-state index contributed by atoms with van der Waals surface area (Å²) >= 11 is 3.20. The molecular formula is C9H11BrN2O2. The van der Waals surface area contributed by atoms with Gasteiger partial charge in [-0.05, 0) is 22.4 Å². The van der Waals surface area contributed by atoms with E-state index in [0.29, 0.717) is 12.2 Å². The number of aromatic nitrogens is 2. The van der Waals surface area contributed by atoms with Gasteiger partial charge < -0.3 is 5.11 Å². The molecule has 0 saturated carbocycles. The van der Waals surface area contributed by atoms with E-state index in [1.807, 2.05) is 6.92 Å².